The molecule has 0 bridgehead atoms. The zero-order chi connectivity index (χ0) is 28.2. The summed E-state index contributed by atoms with van der Waals surface area (Å²) in [6.45, 7) is 4.51. The van der Waals surface area contributed by atoms with Crippen molar-refractivity contribution in [3.8, 4) is 5.75 Å². The molecule has 6 nitrogen and oxygen atoms in total. The van der Waals surface area contributed by atoms with Crippen LogP contribution in [-0.4, -0.2) is 27.5 Å². The third kappa shape index (κ3) is 7.56. The van der Waals surface area contributed by atoms with Crippen LogP contribution in [0.25, 0.3) is 0 Å². The van der Waals surface area contributed by atoms with E-state index in [2.05, 4.69) is 39.8 Å². The van der Waals surface area contributed by atoms with Gasteiger partial charge in [-0.05, 0) is 104 Å². The summed E-state index contributed by atoms with van der Waals surface area (Å²) in [5.74, 6) is 1.29. The first-order valence-electron chi connectivity index (χ1n) is 13.1. The van der Waals surface area contributed by atoms with Gasteiger partial charge >= 0.3 is 0 Å². The number of sulfonamides is 1. The summed E-state index contributed by atoms with van der Waals surface area (Å²) in [5, 5.41) is 3.92. The van der Waals surface area contributed by atoms with Crippen LogP contribution in [0.1, 0.15) is 49.0 Å². The van der Waals surface area contributed by atoms with E-state index in [1.807, 2.05) is 24.3 Å². The lowest BCUT2D eigenvalue weighted by atomic mass is 9.71. The van der Waals surface area contributed by atoms with E-state index in [-0.39, 0.29) is 34.1 Å². The minimum absolute atomic E-state index is 0.0220. The van der Waals surface area contributed by atoms with Crippen molar-refractivity contribution in [2.24, 2.45) is 17.8 Å². The van der Waals surface area contributed by atoms with Crippen LogP contribution in [0, 0.1) is 17.8 Å². The van der Waals surface area contributed by atoms with Crippen molar-refractivity contribution in [2.45, 2.75) is 50.5 Å². The van der Waals surface area contributed by atoms with E-state index in [1.165, 1.54) is 24.8 Å². The first kappa shape index (κ1) is 29.4. The number of amides is 1. The molecule has 3 aromatic rings. The summed E-state index contributed by atoms with van der Waals surface area (Å²) < 4.78 is 35.3. The molecule has 3 unspecified atom stereocenters. The number of rotatable bonds is 9. The fourth-order valence-electron chi connectivity index (χ4n) is 5.25. The van der Waals surface area contributed by atoms with E-state index in [0.717, 1.165) is 30.2 Å². The first-order valence-corrected chi connectivity index (χ1v) is 15.7. The molecule has 3 atom stereocenters. The Balaban J connectivity index is 1.55. The normalized spacial score (nSPS) is 19.5. The Morgan fingerprint density at radius 1 is 1.05 bits per heavy atom. The van der Waals surface area contributed by atoms with E-state index < -0.39 is 10.0 Å². The largest absolute Gasteiger partial charge is 0.495 e. The Bertz CT molecular complexity index is 1400. The topological polar surface area (TPSA) is 84.5 Å². The molecule has 1 amide bonds. The molecule has 208 valence electrons. The van der Waals surface area contributed by atoms with Crippen LogP contribution in [0.3, 0.4) is 0 Å². The predicted octanol–water partition coefficient (Wildman–Crippen LogP) is 7.33. The number of halogens is 2. The lowest BCUT2D eigenvalue weighted by molar-refractivity contribution is 0.0876. The van der Waals surface area contributed by atoms with Gasteiger partial charge in [-0.2, -0.15) is 0 Å². The van der Waals surface area contributed by atoms with Gasteiger partial charge in [0.1, 0.15) is 10.6 Å². The zero-order valence-electron chi connectivity index (χ0n) is 22.3. The molecule has 3 aromatic carbocycles. The molecule has 0 saturated heterocycles. The summed E-state index contributed by atoms with van der Waals surface area (Å²) in [5.41, 5.74) is 1.86. The summed E-state index contributed by atoms with van der Waals surface area (Å²) >= 11 is 9.43. The average Bonchev–Trinajstić information content (AvgIpc) is 2.91. The molecule has 1 fully saturated rings. The average molecular weight is 634 g/mol. The Morgan fingerprint density at radius 2 is 1.74 bits per heavy atom. The number of anilines is 1. The van der Waals surface area contributed by atoms with Crippen molar-refractivity contribution >= 4 is 49.1 Å². The van der Waals surface area contributed by atoms with Gasteiger partial charge in [-0.25, -0.2) is 8.42 Å². The van der Waals surface area contributed by atoms with Gasteiger partial charge in [-0.3, -0.25) is 9.52 Å². The van der Waals surface area contributed by atoms with Crippen molar-refractivity contribution in [3.05, 3.63) is 87.4 Å². The SMILES string of the molecule is COc1ccc(C(=O)NC2CCC(C(C)C)CC2Cc2ccc(Cl)cc2)cc1S(=O)(=O)Nc1ccc(Br)cc1. The smallest absolute Gasteiger partial charge is 0.265 e. The molecular weight excluding hydrogens is 600 g/mol. The minimum Gasteiger partial charge on any atom is -0.495 e. The first-order chi connectivity index (χ1) is 18.6. The second-order valence-corrected chi connectivity index (χ2v) is 13.5. The number of benzene rings is 3. The Morgan fingerprint density at radius 3 is 2.38 bits per heavy atom. The lowest BCUT2D eigenvalue weighted by Crippen LogP contribution is -2.45. The van der Waals surface area contributed by atoms with Gasteiger partial charge in [-0.1, -0.05) is 53.5 Å². The molecule has 0 heterocycles. The summed E-state index contributed by atoms with van der Waals surface area (Å²) in [6.07, 6.45) is 3.77. The summed E-state index contributed by atoms with van der Waals surface area (Å²) in [6, 6.07) is 19.1. The summed E-state index contributed by atoms with van der Waals surface area (Å²) in [7, 11) is -2.61. The van der Waals surface area contributed by atoms with Gasteiger partial charge in [0.05, 0.1) is 7.11 Å². The molecule has 0 radical (unpaired) electrons. The molecule has 1 saturated carbocycles. The van der Waals surface area contributed by atoms with Gasteiger partial charge < -0.3 is 10.1 Å². The Hall–Kier alpha value is -2.55. The van der Waals surface area contributed by atoms with E-state index in [0.29, 0.717) is 22.5 Å². The number of nitrogens with one attached hydrogen (secondary N) is 2. The molecule has 0 aliphatic heterocycles. The van der Waals surface area contributed by atoms with E-state index >= 15 is 0 Å². The molecular formula is C30H34BrClN2O4S. The predicted molar refractivity (Wildman–Crippen MR) is 160 cm³/mol. The summed E-state index contributed by atoms with van der Waals surface area (Å²) in [4.78, 5) is 13.4. The monoisotopic (exact) mass is 632 g/mol. The third-order valence-electron chi connectivity index (χ3n) is 7.51. The highest BCUT2D eigenvalue weighted by molar-refractivity contribution is 9.10. The van der Waals surface area contributed by atoms with Gasteiger partial charge in [0.2, 0.25) is 0 Å². The molecule has 4 rings (SSSR count). The van der Waals surface area contributed by atoms with E-state index in [1.54, 1.807) is 30.3 Å². The fourth-order valence-corrected chi connectivity index (χ4v) is 6.90. The van der Waals surface area contributed by atoms with Gasteiger partial charge in [-0.15, -0.1) is 0 Å². The van der Waals surface area contributed by atoms with Crippen molar-refractivity contribution in [1.82, 2.24) is 5.32 Å². The molecule has 1 aliphatic rings. The second kappa shape index (κ2) is 12.7. The van der Waals surface area contributed by atoms with Crippen LogP contribution in [0.5, 0.6) is 5.75 Å². The van der Waals surface area contributed by atoms with Crippen molar-refractivity contribution in [2.75, 3.05) is 11.8 Å². The van der Waals surface area contributed by atoms with Crippen molar-refractivity contribution in [3.63, 3.8) is 0 Å². The highest BCUT2D eigenvalue weighted by Gasteiger charge is 2.33. The molecule has 2 N–H and O–H groups in total. The Labute approximate surface area is 244 Å². The van der Waals surface area contributed by atoms with Gasteiger partial charge in [0.15, 0.2) is 0 Å². The molecule has 0 aromatic heterocycles. The molecule has 1 aliphatic carbocycles. The van der Waals surface area contributed by atoms with Crippen LogP contribution in [0.4, 0.5) is 5.69 Å². The fraction of sp³-hybridized carbons (Fsp3) is 0.367. The van der Waals surface area contributed by atoms with Crippen LogP contribution in [0.15, 0.2) is 76.1 Å². The second-order valence-electron chi connectivity index (χ2n) is 10.5. The maximum atomic E-state index is 13.5. The number of ether oxygens (including phenoxy) is 1. The number of carbonyl (C=O) groups excluding carboxylic acids is 1. The number of hydrogen-bond acceptors (Lipinski definition) is 4. The quantitative estimate of drug-likeness (QED) is 0.259. The number of hydrogen-bond donors (Lipinski definition) is 2. The standard InChI is InChI=1S/C30H34BrClN2O4S/c1-19(2)21-6-14-27(23(17-21)16-20-4-10-25(32)11-5-20)33-30(35)22-7-15-28(38-3)29(18-22)39(36,37)34-26-12-8-24(31)9-13-26/h4-5,7-13,15,18-19,21,23,27,34H,6,14,16-17H2,1-3H3,(H,33,35). The Kier molecular flexibility index (Phi) is 9.62. The minimum atomic E-state index is -4.01. The van der Waals surface area contributed by atoms with Crippen LogP contribution in [-0.2, 0) is 16.4 Å². The number of carbonyl (C=O) groups is 1. The van der Waals surface area contributed by atoms with Crippen molar-refractivity contribution in [1.29, 1.82) is 0 Å². The maximum absolute atomic E-state index is 13.5. The van der Waals surface area contributed by atoms with E-state index in [4.69, 9.17) is 16.3 Å². The third-order valence-corrected chi connectivity index (χ3v) is 9.69. The van der Waals surface area contributed by atoms with Gasteiger partial charge in [0, 0.05) is 26.8 Å². The lowest BCUT2D eigenvalue weighted by Gasteiger charge is -2.38. The molecule has 39 heavy (non-hydrogen) atoms. The number of methoxy groups -OCH3 is 1. The zero-order valence-corrected chi connectivity index (χ0v) is 25.4. The molecule has 0 spiro atoms. The van der Waals surface area contributed by atoms with Crippen LogP contribution >= 0.6 is 27.5 Å². The van der Waals surface area contributed by atoms with Gasteiger partial charge in [0.25, 0.3) is 15.9 Å². The van der Waals surface area contributed by atoms with Crippen molar-refractivity contribution < 1.29 is 17.9 Å². The molecule has 9 heteroatoms. The highest BCUT2D eigenvalue weighted by Crippen LogP contribution is 2.36. The van der Waals surface area contributed by atoms with Crippen LogP contribution in [0.2, 0.25) is 5.02 Å². The van der Waals surface area contributed by atoms with Crippen LogP contribution < -0.4 is 14.8 Å². The highest BCUT2D eigenvalue weighted by atomic mass is 79.9. The maximum Gasteiger partial charge on any atom is 0.265 e. The van der Waals surface area contributed by atoms with E-state index in [9.17, 15) is 13.2 Å².